The molecule has 13 heavy (non-hydrogen) atoms. The van der Waals surface area contributed by atoms with E-state index in [4.69, 9.17) is 0 Å². The molecule has 0 radical (unpaired) electrons. The van der Waals surface area contributed by atoms with Crippen molar-refractivity contribution in [3.63, 3.8) is 0 Å². The first-order valence-electron chi connectivity index (χ1n) is 4.15. The molecule has 0 aliphatic rings. The zero-order valence-electron chi connectivity index (χ0n) is 7.73. The molecule has 5 nitrogen and oxygen atoms in total. The lowest BCUT2D eigenvalue weighted by Gasteiger charge is -1.99. The number of nitrogens with one attached hydrogen (secondary N) is 1. The summed E-state index contributed by atoms with van der Waals surface area (Å²) in [6.07, 6.45) is 3.29. The highest BCUT2D eigenvalue weighted by molar-refractivity contribution is 4.70. The van der Waals surface area contributed by atoms with Gasteiger partial charge in [-0.05, 0) is 0 Å². The largest absolute Gasteiger partial charge is 0.345 e. The van der Waals surface area contributed by atoms with E-state index >= 15 is 0 Å². The van der Waals surface area contributed by atoms with Gasteiger partial charge in [0.2, 0.25) is 0 Å². The molecule has 0 bridgehead atoms. The molecule has 72 valence electrons. The third-order valence-electron chi connectivity index (χ3n) is 1.68. The van der Waals surface area contributed by atoms with Gasteiger partial charge in [0.05, 0.1) is 6.54 Å². The molecule has 0 aliphatic carbocycles. The minimum atomic E-state index is -0.0830. The molecule has 0 unspecified atom stereocenters. The highest BCUT2D eigenvalue weighted by Gasteiger charge is 1.98. The van der Waals surface area contributed by atoms with Gasteiger partial charge in [-0.1, -0.05) is 6.08 Å². The highest BCUT2D eigenvalue weighted by Crippen LogP contribution is 1.74. The summed E-state index contributed by atoms with van der Waals surface area (Å²) in [5, 5.41) is 7.01. The van der Waals surface area contributed by atoms with Crippen LogP contribution < -0.4 is 11.0 Å². The molecule has 0 aliphatic heterocycles. The van der Waals surface area contributed by atoms with Crippen molar-refractivity contribution in [3.8, 4) is 0 Å². The number of nitrogens with zero attached hydrogens (tertiary/aromatic N) is 3. The minimum Gasteiger partial charge on any atom is -0.311 e. The van der Waals surface area contributed by atoms with Gasteiger partial charge in [-0.2, -0.15) is 5.10 Å². The van der Waals surface area contributed by atoms with Crippen LogP contribution in [0.2, 0.25) is 0 Å². The van der Waals surface area contributed by atoms with Gasteiger partial charge in [0, 0.05) is 20.1 Å². The first kappa shape index (κ1) is 9.73. The molecule has 0 saturated carbocycles. The van der Waals surface area contributed by atoms with Gasteiger partial charge in [0.1, 0.15) is 6.33 Å². The van der Waals surface area contributed by atoms with E-state index in [1.807, 2.05) is 0 Å². The highest BCUT2D eigenvalue weighted by atomic mass is 16.2. The van der Waals surface area contributed by atoms with Crippen molar-refractivity contribution in [2.45, 2.75) is 6.54 Å². The Hall–Kier alpha value is -1.36. The maximum absolute atomic E-state index is 11.2. The van der Waals surface area contributed by atoms with Crippen molar-refractivity contribution in [2.24, 2.45) is 7.05 Å². The van der Waals surface area contributed by atoms with Crippen molar-refractivity contribution in [3.05, 3.63) is 29.5 Å². The van der Waals surface area contributed by atoms with Crippen molar-refractivity contribution >= 4 is 0 Å². The molecule has 0 spiro atoms. The molecule has 5 heteroatoms. The smallest absolute Gasteiger partial charge is 0.311 e. The Kier molecular flexibility index (Phi) is 3.45. The Balaban J connectivity index is 2.41. The number of hydrogen-bond acceptors (Lipinski definition) is 3. The van der Waals surface area contributed by atoms with Crippen molar-refractivity contribution in [1.82, 2.24) is 19.7 Å². The van der Waals surface area contributed by atoms with Crippen molar-refractivity contribution < 1.29 is 0 Å². The quantitative estimate of drug-likeness (QED) is 0.486. The van der Waals surface area contributed by atoms with E-state index in [1.54, 1.807) is 13.1 Å². The summed E-state index contributed by atoms with van der Waals surface area (Å²) in [4.78, 5) is 11.2. The predicted molar refractivity (Wildman–Crippen MR) is 50.5 cm³/mol. The molecule has 0 aromatic carbocycles. The Morgan fingerprint density at radius 1 is 1.77 bits per heavy atom. The van der Waals surface area contributed by atoms with Crippen molar-refractivity contribution in [2.75, 3.05) is 13.1 Å². The maximum atomic E-state index is 11.2. The van der Waals surface area contributed by atoms with Crippen LogP contribution in [0.3, 0.4) is 0 Å². The van der Waals surface area contributed by atoms with E-state index in [9.17, 15) is 4.79 Å². The minimum absolute atomic E-state index is 0.0830. The lowest BCUT2D eigenvalue weighted by molar-refractivity contribution is 0.551. The molecule has 1 aromatic rings. The van der Waals surface area contributed by atoms with Crippen LogP contribution in [0.15, 0.2) is 23.8 Å². The zero-order chi connectivity index (χ0) is 9.68. The average Bonchev–Trinajstić information content (AvgIpc) is 2.43. The van der Waals surface area contributed by atoms with Crippen LogP contribution in [0.25, 0.3) is 0 Å². The topological polar surface area (TPSA) is 51.9 Å². The Morgan fingerprint density at radius 3 is 3.08 bits per heavy atom. The van der Waals surface area contributed by atoms with Gasteiger partial charge in [-0.25, -0.2) is 9.48 Å². The third kappa shape index (κ3) is 2.55. The van der Waals surface area contributed by atoms with Crippen LogP contribution in [0.5, 0.6) is 0 Å². The first-order valence-corrected chi connectivity index (χ1v) is 4.15. The Labute approximate surface area is 76.7 Å². The second-order valence-corrected chi connectivity index (χ2v) is 2.74. The van der Waals surface area contributed by atoms with Crippen LogP contribution in [-0.2, 0) is 13.6 Å². The summed E-state index contributed by atoms with van der Waals surface area (Å²) in [5.41, 5.74) is -0.0830. The second kappa shape index (κ2) is 4.61. The molecular weight excluding hydrogens is 168 g/mol. The Morgan fingerprint density at radius 2 is 2.54 bits per heavy atom. The fraction of sp³-hybridized carbons (Fsp3) is 0.500. The number of hydrogen-bond donors (Lipinski definition) is 1. The summed E-state index contributed by atoms with van der Waals surface area (Å²) in [6, 6.07) is 0. The summed E-state index contributed by atoms with van der Waals surface area (Å²) < 4.78 is 2.88. The second-order valence-electron chi connectivity index (χ2n) is 2.74. The van der Waals surface area contributed by atoms with E-state index in [-0.39, 0.29) is 5.69 Å². The molecule has 1 rings (SSSR count). The van der Waals surface area contributed by atoms with Crippen LogP contribution in [0.1, 0.15) is 0 Å². The van der Waals surface area contributed by atoms with E-state index in [0.717, 1.165) is 13.1 Å². The standard InChI is InChI=1S/C8H14N4O/c1-3-4-9-5-6-12-8(13)11(2)7-10-12/h3,7,9H,1,4-6H2,2H3. The lowest BCUT2D eigenvalue weighted by atomic mass is 10.5. The monoisotopic (exact) mass is 182 g/mol. The van der Waals surface area contributed by atoms with Gasteiger partial charge in [-0.15, -0.1) is 6.58 Å². The van der Waals surface area contributed by atoms with Gasteiger partial charge in [-0.3, -0.25) is 4.57 Å². The molecule has 0 fully saturated rings. The van der Waals surface area contributed by atoms with E-state index < -0.39 is 0 Å². The number of rotatable bonds is 5. The van der Waals surface area contributed by atoms with Crippen LogP contribution in [0, 0.1) is 0 Å². The van der Waals surface area contributed by atoms with Gasteiger partial charge in [0.15, 0.2) is 0 Å². The van der Waals surface area contributed by atoms with Gasteiger partial charge in [0.25, 0.3) is 0 Å². The van der Waals surface area contributed by atoms with Gasteiger partial charge >= 0.3 is 5.69 Å². The SMILES string of the molecule is C=CCNCCn1ncn(C)c1=O. The Bertz CT molecular complexity index is 325. The summed E-state index contributed by atoms with van der Waals surface area (Å²) in [6.45, 7) is 5.64. The third-order valence-corrected chi connectivity index (χ3v) is 1.68. The van der Waals surface area contributed by atoms with Gasteiger partial charge < -0.3 is 5.32 Å². The summed E-state index contributed by atoms with van der Waals surface area (Å²) in [5.74, 6) is 0. The molecular formula is C8H14N4O. The average molecular weight is 182 g/mol. The fourth-order valence-corrected chi connectivity index (χ4v) is 0.963. The number of aryl methyl sites for hydroxylation is 1. The lowest BCUT2D eigenvalue weighted by Crippen LogP contribution is -2.28. The van der Waals surface area contributed by atoms with Crippen LogP contribution in [0.4, 0.5) is 0 Å². The predicted octanol–water partition coefficient (Wildman–Crippen LogP) is -0.643. The summed E-state index contributed by atoms with van der Waals surface area (Å²) >= 11 is 0. The van der Waals surface area contributed by atoms with Crippen LogP contribution in [-0.4, -0.2) is 27.4 Å². The first-order chi connectivity index (χ1) is 6.25. The normalized spacial score (nSPS) is 10.2. The van der Waals surface area contributed by atoms with E-state index in [1.165, 1.54) is 15.6 Å². The molecule has 1 aromatic heterocycles. The molecule has 0 saturated heterocycles. The fourth-order valence-electron chi connectivity index (χ4n) is 0.963. The number of aromatic nitrogens is 3. The molecule has 0 atom stereocenters. The van der Waals surface area contributed by atoms with E-state index in [2.05, 4.69) is 17.0 Å². The molecule has 0 amide bonds. The van der Waals surface area contributed by atoms with E-state index in [0.29, 0.717) is 6.54 Å². The van der Waals surface area contributed by atoms with Crippen molar-refractivity contribution in [1.29, 1.82) is 0 Å². The summed E-state index contributed by atoms with van der Waals surface area (Å²) in [7, 11) is 1.68. The zero-order valence-corrected chi connectivity index (χ0v) is 7.73. The molecule has 1 heterocycles. The molecule has 1 N–H and O–H groups in total. The van der Waals surface area contributed by atoms with Crippen LogP contribution >= 0.6 is 0 Å². The maximum Gasteiger partial charge on any atom is 0.345 e.